The third-order valence-corrected chi connectivity index (χ3v) is 0.167. The van der Waals surface area contributed by atoms with Crippen LogP contribution < -0.4 is 11.5 Å². The molecule has 0 saturated carbocycles. The van der Waals surface area contributed by atoms with E-state index in [9.17, 15) is 9.59 Å². The van der Waals surface area contributed by atoms with Crippen LogP contribution in [0.3, 0.4) is 0 Å². The average Bonchev–Trinajstić information content (AvgIpc) is 1.85. The van der Waals surface area contributed by atoms with Gasteiger partial charge in [-0.05, 0) is 27.7 Å². The first kappa shape index (κ1) is 17.4. The number of carbonyl (C=O) groups is 2. The molecule has 0 aromatic heterocycles. The lowest BCUT2D eigenvalue weighted by Gasteiger charge is -1.72. The van der Waals surface area contributed by atoms with Gasteiger partial charge in [-0.1, -0.05) is 0 Å². The standard InChI is InChI=1S/2C3H6O.C2H8N2/c2*1-3(2)4;3-1-2-4/h2*1-2H3;1-4H2. The fraction of sp³-hybridized carbons (Fsp3) is 0.750. The lowest BCUT2D eigenvalue weighted by molar-refractivity contribution is -0.115. The van der Waals surface area contributed by atoms with Gasteiger partial charge in [0.15, 0.2) is 0 Å². The van der Waals surface area contributed by atoms with Gasteiger partial charge in [-0.25, -0.2) is 0 Å². The van der Waals surface area contributed by atoms with Crippen molar-refractivity contribution in [2.75, 3.05) is 13.1 Å². The molecule has 0 aromatic carbocycles. The maximum atomic E-state index is 9.44. The maximum absolute atomic E-state index is 9.44. The minimum atomic E-state index is 0.167. The first-order chi connectivity index (χ1) is 5.38. The Morgan fingerprint density at radius 3 is 0.917 bits per heavy atom. The minimum Gasteiger partial charge on any atom is -0.329 e. The third-order valence-electron chi connectivity index (χ3n) is 0.167. The smallest absolute Gasteiger partial charge is 0.126 e. The molecule has 0 atom stereocenters. The van der Waals surface area contributed by atoms with E-state index in [2.05, 4.69) is 0 Å². The van der Waals surface area contributed by atoms with Crippen molar-refractivity contribution in [3.05, 3.63) is 0 Å². The predicted octanol–water partition coefficient (Wildman–Crippen LogP) is 0.0944. The van der Waals surface area contributed by atoms with Gasteiger partial charge in [0, 0.05) is 13.1 Å². The summed E-state index contributed by atoms with van der Waals surface area (Å²) in [4.78, 5) is 18.9. The summed E-state index contributed by atoms with van der Waals surface area (Å²) in [6, 6.07) is 0. The number of ketones is 2. The zero-order valence-electron chi connectivity index (χ0n) is 8.39. The second-order valence-corrected chi connectivity index (χ2v) is 2.39. The molecule has 0 spiro atoms. The minimum absolute atomic E-state index is 0.167. The molecular weight excluding hydrogens is 156 g/mol. The van der Waals surface area contributed by atoms with Crippen molar-refractivity contribution in [1.29, 1.82) is 0 Å². The number of nitrogens with two attached hydrogens (primary N) is 2. The van der Waals surface area contributed by atoms with E-state index in [1.165, 1.54) is 27.7 Å². The molecule has 0 unspecified atom stereocenters. The van der Waals surface area contributed by atoms with E-state index in [0.29, 0.717) is 13.1 Å². The predicted molar refractivity (Wildman–Crippen MR) is 50.8 cm³/mol. The van der Waals surface area contributed by atoms with Gasteiger partial charge in [0.25, 0.3) is 0 Å². The highest BCUT2D eigenvalue weighted by atomic mass is 16.1. The van der Waals surface area contributed by atoms with E-state index < -0.39 is 0 Å². The second-order valence-electron chi connectivity index (χ2n) is 2.39. The largest absolute Gasteiger partial charge is 0.329 e. The van der Waals surface area contributed by atoms with Gasteiger partial charge in [0.05, 0.1) is 0 Å². The lowest BCUT2D eigenvalue weighted by atomic mass is 10.6. The number of carbonyl (C=O) groups excluding carboxylic acids is 2. The fourth-order valence-corrected chi connectivity index (χ4v) is 0. The number of rotatable bonds is 1. The molecule has 4 nitrogen and oxygen atoms in total. The molecule has 0 saturated heterocycles. The van der Waals surface area contributed by atoms with E-state index in [1.807, 2.05) is 0 Å². The van der Waals surface area contributed by atoms with Crippen molar-refractivity contribution in [3.8, 4) is 0 Å². The number of Topliss-reactive ketones (excluding diaryl/α,β-unsaturated/α-hetero) is 2. The van der Waals surface area contributed by atoms with Crippen LogP contribution >= 0.6 is 0 Å². The Bertz CT molecular complexity index is 91.6. The van der Waals surface area contributed by atoms with Crippen LogP contribution in [0.1, 0.15) is 27.7 Å². The van der Waals surface area contributed by atoms with Crippen molar-refractivity contribution in [2.24, 2.45) is 11.5 Å². The zero-order valence-corrected chi connectivity index (χ0v) is 8.39. The Morgan fingerprint density at radius 1 is 0.833 bits per heavy atom. The lowest BCUT2D eigenvalue weighted by Crippen LogP contribution is -2.11. The van der Waals surface area contributed by atoms with Gasteiger partial charge >= 0.3 is 0 Å². The summed E-state index contributed by atoms with van der Waals surface area (Å²) in [5.74, 6) is 0.333. The summed E-state index contributed by atoms with van der Waals surface area (Å²) >= 11 is 0. The third kappa shape index (κ3) is 9350. The molecule has 4 heteroatoms. The van der Waals surface area contributed by atoms with Crippen LogP contribution in [0.4, 0.5) is 0 Å². The molecule has 0 bridgehead atoms. The molecule has 12 heavy (non-hydrogen) atoms. The highest BCUT2D eigenvalue weighted by Crippen LogP contribution is 1.50. The first-order valence-electron chi connectivity index (χ1n) is 3.72. The Hall–Kier alpha value is -0.740. The van der Waals surface area contributed by atoms with Gasteiger partial charge < -0.3 is 21.1 Å². The monoisotopic (exact) mass is 176 g/mol. The van der Waals surface area contributed by atoms with Crippen LogP contribution in [0.15, 0.2) is 0 Å². The molecule has 74 valence electrons. The van der Waals surface area contributed by atoms with E-state index in [0.717, 1.165) is 0 Å². The van der Waals surface area contributed by atoms with Crippen molar-refractivity contribution < 1.29 is 9.59 Å². The van der Waals surface area contributed by atoms with Crippen LogP contribution in [0, 0.1) is 0 Å². The summed E-state index contributed by atoms with van der Waals surface area (Å²) < 4.78 is 0. The number of hydrogen-bond donors (Lipinski definition) is 2. The van der Waals surface area contributed by atoms with Crippen molar-refractivity contribution in [1.82, 2.24) is 0 Å². The Balaban J connectivity index is -0.000000101. The molecule has 0 heterocycles. The van der Waals surface area contributed by atoms with Gasteiger partial charge in [0.1, 0.15) is 11.6 Å². The molecule has 0 radical (unpaired) electrons. The average molecular weight is 176 g/mol. The SMILES string of the molecule is CC(C)=O.CC(C)=O.NCCN. The van der Waals surface area contributed by atoms with Crippen LogP contribution in [-0.2, 0) is 9.59 Å². The molecule has 4 N–H and O–H groups in total. The molecule has 0 aromatic rings. The Morgan fingerprint density at radius 2 is 0.917 bits per heavy atom. The molecule has 0 aliphatic heterocycles. The summed E-state index contributed by atoms with van der Waals surface area (Å²) in [5.41, 5.74) is 9.81. The van der Waals surface area contributed by atoms with E-state index in [4.69, 9.17) is 11.5 Å². The molecular formula is C8H20N2O2. The van der Waals surface area contributed by atoms with Crippen molar-refractivity contribution >= 4 is 11.6 Å². The van der Waals surface area contributed by atoms with Crippen LogP contribution in [-0.4, -0.2) is 24.7 Å². The van der Waals surface area contributed by atoms with Gasteiger partial charge in [-0.2, -0.15) is 0 Å². The van der Waals surface area contributed by atoms with Crippen LogP contribution in [0.2, 0.25) is 0 Å². The highest BCUT2D eigenvalue weighted by Gasteiger charge is 1.62. The molecule has 0 rings (SSSR count). The van der Waals surface area contributed by atoms with Crippen molar-refractivity contribution in [3.63, 3.8) is 0 Å². The van der Waals surface area contributed by atoms with Crippen LogP contribution in [0.5, 0.6) is 0 Å². The second kappa shape index (κ2) is 16.7. The Labute approximate surface area is 74.3 Å². The first-order valence-corrected chi connectivity index (χ1v) is 3.72. The van der Waals surface area contributed by atoms with Gasteiger partial charge in [-0.15, -0.1) is 0 Å². The highest BCUT2D eigenvalue weighted by molar-refractivity contribution is 5.72. The normalized spacial score (nSPS) is 6.83. The van der Waals surface area contributed by atoms with Crippen molar-refractivity contribution in [2.45, 2.75) is 27.7 Å². The van der Waals surface area contributed by atoms with Crippen LogP contribution in [0.25, 0.3) is 0 Å². The van der Waals surface area contributed by atoms with Gasteiger partial charge in [0.2, 0.25) is 0 Å². The van der Waals surface area contributed by atoms with E-state index in [-0.39, 0.29) is 11.6 Å². The van der Waals surface area contributed by atoms with Gasteiger partial charge in [-0.3, -0.25) is 0 Å². The summed E-state index contributed by atoms with van der Waals surface area (Å²) in [5, 5.41) is 0. The Kier molecular flexibility index (Phi) is 24.2. The summed E-state index contributed by atoms with van der Waals surface area (Å²) in [7, 11) is 0. The number of hydrogen-bond acceptors (Lipinski definition) is 4. The van der Waals surface area contributed by atoms with E-state index >= 15 is 0 Å². The molecule has 0 fully saturated rings. The molecule has 0 aliphatic rings. The summed E-state index contributed by atoms with van der Waals surface area (Å²) in [6.45, 7) is 7.31. The maximum Gasteiger partial charge on any atom is 0.126 e. The zero-order chi connectivity index (χ0) is 10.6. The topological polar surface area (TPSA) is 86.2 Å². The quantitative estimate of drug-likeness (QED) is 0.593. The fourth-order valence-electron chi connectivity index (χ4n) is 0. The molecule has 0 aliphatic carbocycles. The molecule has 0 amide bonds. The summed E-state index contributed by atoms with van der Waals surface area (Å²) in [6.07, 6.45) is 0. The van der Waals surface area contributed by atoms with E-state index in [1.54, 1.807) is 0 Å².